The van der Waals surface area contributed by atoms with Gasteiger partial charge in [-0.15, -0.1) is 12.4 Å². The summed E-state index contributed by atoms with van der Waals surface area (Å²) in [5.41, 5.74) is 2.46. The van der Waals surface area contributed by atoms with Crippen LogP contribution in [0.15, 0.2) is 30.5 Å². The fourth-order valence-electron chi connectivity index (χ4n) is 2.41. The van der Waals surface area contributed by atoms with Crippen molar-refractivity contribution in [2.45, 2.75) is 32.9 Å². The summed E-state index contributed by atoms with van der Waals surface area (Å²) in [6.07, 6.45) is 3.91. The molecule has 5 nitrogen and oxygen atoms in total. The van der Waals surface area contributed by atoms with Crippen LogP contribution < -0.4 is 14.8 Å². The van der Waals surface area contributed by atoms with Crippen LogP contribution in [0.5, 0.6) is 11.5 Å². The van der Waals surface area contributed by atoms with E-state index in [0.29, 0.717) is 0 Å². The highest BCUT2D eigenvalue weighted by Crippen LogP contribution is 2.27. The minimum atomic E-state index is 0. The molecule has 128 valence electrons. The molecule has 0 saturated carbocycles. The van der Waals surface area contributed by atoms with Crippen molar-refractivity contribution in [3.8, 4) is 11.5 Å². The predicted molar refractivity (Wildman–Crippen MR) is 94.7 cm³/mol. The molecule has 23 heavy (non-hydrogen) atoms. The molecule has 6 heteroatoms. The Morgan fingerprint density at radius 3 is 2.61 bits per heavy atom. The van der Waals surface area contributed by atoms with Gasteiger partial charge in [-0.25, -0.2) is 0 Å². The first-order chi connectivity index (χ1) is 10.8. The van der Waals surface area contributed by atoms with Crippen LogP contribution in [0.3, 0.4) is 0 Å². The first-order valence-corrected chi connectivity index (χ1v) is 7.70. The highest BCUT2D eigenvalue weighted by atomic mass is 35.5. The van der Waals surface area contributed by atoms with Crippen LogP contribution in [0.25, 0.3) is 0 Å². The first kappa shape index (κ1) is 19.3. The average Bonchev–Trinajstić information content (AvgIpc) is 2.99. The lowest BCUT2D eigenvalue weighted by Gasteiger charge is -2.10. The lowest BCUT2D eigenvalue weighted by Crippen LogP contribution is -2.19. The Morgan fingerprint density at radius 1 is 1.13 bits per heavy atom. The number of nitrogens with one attached hydrogen (secondary N) is 1. The maximum Gasteiger partial charge on any atom is 0.160 e. The second-order valence-corrected chi connectivity index (χ2v) is 5.16. The van der Waals surface area contributed by atoms with Gasteiger partial charge < -0.3 is 14.8 Å². The molecular formula is C17H26ClN3O2. The second kappa shape index (κ2) is 10.1. The van der Waals surface area contributed by atoms with Crippen molar-refractivity contribution in [3.63, 3.8) is 0 Å². The molecule has 0 amide bonds. The number of hydrogen-bond acceptors (Lipinski definition) is 4. The maximum atomic E-state index is 5.33. The Kier molecular flexibility index (Phi) is 8.51. The number of halogens is 1. The summed E-state index contributed by atoms with van der Waals surface area (Å²) in [7, 11) is 3.31. The largest absolute Gasteiger partial charge is 0.493 e. The number of ether oxygens (including phenoxy) is 2. The van der Waals surface area contributed by atoms with Gasteiger partial charge in [-0.1, -0.05) is 13.0 Å². The van der Waals surface area contributed by atoms with Gasteiger partial charge in [-0.05, 0) is 43.1 Å². The van der Waals surface area contributed by atoms with Crippen molar-refractivity contribution in [3.05, 3.63) is 41.7 Å². The van der Waals surface area contributed by atoms with Crippen LogP contribution in [-0.2, 0) is 19.5 Å². The highest BCUT2D eigenvalue weighted by Gasteiger charge is 2.05. The van der Waals surface area contributed by atoms with E-state index in [0.717, 1.165) is 44.0 Å². The molecule has 0 aliphatic heterocycles. The molecule has 0 aliphatic carbocycles. The summed E-state index contributed by atoms with van der Waals surface area (Å²) in [5.74, 6) is 1.55. The Hall–Kier alpha value is -1.72. The molecule has 1 aromatic carbocycles. The SMILES string of the molecule is CCCn1nccc1CNCCc1ccc(OC)c(OC)c1.Cl. The minimum Gasteiger partial charge on any atom is -0.493 e. The maximum absolute atomic E-state index is 5.33. The van der Waals surface area contributed by atoms with Gasteiger partial charge in [0.25, 0.3) is 0 Å². The van der Waals surface area contributed by atoms with E-state index in [1.165, 1.54) is 11.3 Å². The molecule has 1 aromatic heterocycles. The summed E-state index contributed by atoms with van der Waals surface area (Å²) in [6, 6.07) is 8.12. The first-order valence-electron chi connectivity index (χ1n) is 7.70. The summed E-state index contributed by atoms with van der Waals surface area (Å²) < 4.78 is 12.6. The number of aromatic nitrogens is 2. The minimum absolute atomic E-state index is 0. The van der Waals surface area contributed by atoms with Gasteiger partial charge in [0, 0.05) is 19.3 Å². The second-order valence-electron chi connectivity index (χ2n) is 5.16. The van der Waals surface area contributed by atoms with Gasteiger partial charge in [0.05, 0.1) is 19.9 Å². The van der Waals surface area contributed by atoms with Gasteiger partial charge in [0.2, 0.25) is 0 Å². The van der Waals surface area contributed by atoms with E-state index in [-0.39, 0.29) is 12.4 Å². The quantitative estimate of drug-likeness (QED) is 0.713. The van der Waals surface area contributed by atoms with Crippen molar-refractivity contribution < 1.29 is 9.47 Å². The molecule has 1 N–H and O–H groups in total. The fourth-order valence-corrected chi connectivity index (χ4v) is 2.41. The lowest BCUT2D eigenvalue weighted by atomic mass is 10.1. The Balaban J connectivity index is 0.00000264. The van der Waals surface area contributed by atoms with Gasteiger partial charge in [0.1, 0.15) is 0 Å². The molecule has 0 radical (unpaired) electrons. The van der Waals surface area contributed by atoms with Gasteiger partial charge >= 0.3 is 0 Å². The van der Waals surface area contributed by atoms with Crippen LogP contribution in [0.1, 0.15) is 24.6 Å². The summed E-state index contributed by atoms with van der Waals surface area (Å²) in [5, 5.41) is 7.80. The van der Waals surface area contributed by atoms with Gasteiger partial charge in [-0.3, -0.25) is 4.68 Å². The lowest BCUT2D eigenvalue weighted by molar-refractivity contribution is 0.354. The summed E-state index contributed by atoms with van der Waals surface area (Å²) in [4.78, 5) is 0. The third kappa shape index (κ3) is 5.44. The van der Waals surface area contributed by atoms with E-state index in [1.807, 2.05) is 18.3 Å². The van der Waals surface area contributed by atoms with Crippen LogP contribution in [0, 0.1) is 0 Å². The zero-order valence-electron chi connectivity index (χ0n) is 14.0. The Labute approximate surface area is 144 Å². The van der Waals surface area contributed by atoms with E-state index in [9.17, 15) is 0 Å². The molecule has 2 rings (SSSR count). The topological polar surface area (TPSA) is 48.3 Å². The predicted octanol–water partition coefficient (Wildman–Crippen LogP) is 3.06. The van der Waals surface area contributed by atoms with Crippen LogP contribution in [-0.4, -0.2) is 30.5 Å². The van der Waals surface area contributed by atoms with E-state index >= 15 is 0 Å². The number of rotatable bonds is 9. The van der Waals surface area contributed by atoms with Crippen LogP contribution >= 0.6 is 12.4 Å². The molecular weight excluding hydrogens is 314 g/mol. The van der Waals surface area contributed by atoms with E-state index in [2.05, 4.69) is 34.2 Å². The van der Waals surface area contributed by atoms with Crippen molar-refractivity contribution in [1.82, 2.24) is 15.1 Å². The smallest absolute Gasteiger partial charge is 0.160 e. The zero-order valence-corrected chi connectivity index (χ0v) is 14.9. The molecule has 0 bridgehead atoms. The van der Waals surface area contributed by atoms with Gasteiger partial charge in [-0.2, -0.15) is 5.10 Å². The van der Waals surface area contributed by atoms with Crippen molar-refractivity contribution in [1.29, 1.82) is 0 Å². The van der Waals surface area contributed by atoms with E-state index in [1.54, 1.807) is 14.2 Å². The van der Waals surface area contributed by atoms with Gasteiger partial charge in [0.15, 0.2) is 11.5 Å². The third-order valence-electron chi connectivity index (χ3n) is 3.58. The molecule has 0 atom stereocenters. The number of nitrogens with zero attached hydrogens (tertiary/aromatic N) is 2. The number of benzene rings is 1. The standard InChI is InChI=1S/C17H25N3O2.ClH/c1-4-11-20-15(8-10-19-20)13-18-9-7-14-5-6-16(21-2)17(12-14)22-3;/h5-6,8,10,12,18H,4,7,9,11,13H2,1-3H3;1H. The number of aryl methyl sites for hydroxylation is 1. The fraction of sp³-hybridized carbons (Fsp3) is 0.471. The Morgan fingerprint density at radius 2 is 1.91 bits per heavy atom. The van der Waals surface area contributed by atoms with E-state index in [4.69, 9.17) is 9.47 Å². The highest BCUT2D eigenvalue weighted by molar-refractivity contribution is 5.85. The molecule has 0 saturated heterocycles. The van der Waals surface area contributed by atoms with Crippen molar-refractivity contribution in [2.75, 3.05) is 20.8 Å². The molecule has 0 unspecified atom stereocenters. The molecule has 0 spiro atoms. The van der Waals surface area contributed by atoms with Crippen molar-refractivity contribution in [2.24, 2.45) is 0 Å². The zero-order chi connectivity index (χ0) is 15.8. The van der Waals surface area contributed by atoms with E-state index < -0.39 is 0 Å². The number of hydrogen-bond donors (Lipinski definition) is 1. The summed E-state index contributed by atoms with van der Waals surface area (Å²) in [6.45, 7) is 4.88. The van der Waals surface area contributed by atoms with Crippen LogP contribution in [0.4, 0.5) is 0 Å². The van der Waals surface area contributed by atoms with Crippen molar-refractivity contribution >= 4 is 12.4 Å². The monoisotopic (exact) mass is 339 g/mol. The molecule has 0 fully saturated rings. The molecule has 1 heterocycles. The Bertz CT molecular complexity index is 587. The summed E-state index contributed by atoms with van der Waals surface area (Å²) >= 11 is 0. The molecule has 0 aliphatic rings. The average molecular weight is 340 g/mol. The normalized spacial score (nSPS) is 10.2. The van der Waals surface area contributed by atoms with Crippen LogP contribution in [0.2, 0.25) is 0 Å². The molecule has 2 aromatic rings. The number of methoxy groups -OCH3 is 2. The third-order valence-corrected chi connectivity index (χ3v) is 3.58.